The molecule has 3 aliphatic rings. The molecule has 0 spiro atoms. The number of aromatic hydroxyl groups is 1. The van der Waals surface area contributed by atoms with Gasteiger partial charge in [0.1, 0.15) is 5.75 Å². The summed E-state index contributed by atoms with van der Waals surface area (Å²) < 4.78 is 5.85. The fraction of sp³-hybridized carbons (Fsp3) is 0.667. The Balaban J connectivity index is 1.46. The highest BCUT2D eigenvalue weighted by atomic mass is 16.5. The van der Waals surface area contributed by atoms with E-state index in [0.29, 0.717) is 17.1 Å². The standard InChI is InChI=1S/C24H35NO2/c1-24-12-10-21-20-8-6-19(26)16-17(20)4-7-22(21)23(24)9-5-18(24)11-14-27-15-13-25(2)3/h6,8,11,16,21-23,26H,4-5,7,9-10,12-15H2,1-3H3/b18-11+/t21-,22-,23+,24-/m1/s1. The molecule has 0 amide bonds. The zero-order valence-electron chi connectivity index (χ0n) is 17.2. The molecule has 4 atom stereocenters. The molecule has 0 unspecified atom stereocenters. The van der Waals surface area contributed by atoms with Gasteiger partial charge in [0.2, 0.25) is 0 Å². The Kier molecular flexibility index (Phi) is 5.35. The molecule has 0 bridgehead atoms. The first-order valence-corrected chi connectivity index (χ1v) is 10.7. The topological polar surface area (TPSA) is 32.7 Å². The van der Waals surface area contributed by atoms with Crippen LogP contribution in [-0.4, -0.2) is 43.9 Å². The number of hydrogen-bond acceptors (Lipinski definition) is 3. The van der Waals surface area contributed by atoms with E-state index in [0.717, 1.165) is 38.0 Å². The minimum atomic E-state index is 0.375. The van der Waals surface area contributed by atoms with Gasteiger partial charge in [0.05, 0.1) is 13.2 Å². The van der Waals surface area contributed by atoms with Crippen LogP contribution < -0.4 is 0 Å². The van der Waals surface area contributed by atoms with Crippen molar-refractivity contribution in [3.63, 3.8) is 0 Å². The third-order valence-electron chi connectivity index (χ3n) is 7.69. The Hall–Kier alpha value is -1.32. The highest BCUT2D eigenvalue weighted by Crippen LogP contribution is 2.62. The fourth-order valence-corrected chi connectivity index (χ4v) is 6.24. The third kappa shape index (κ3) is 3.56. The predicted molar refractivity (Wildman–Crippen MR) is 110 cm³/mol. The third-order valence-corrected chi connectivity index (χ3v) is 7.69. The molecule has 4 rings (SSSR count). The summed E-state index contributed by atoms with van der Waals surface area (Å²) in [7, 11) is 4.18. The Morgan fingerprint density at radius 3 is 2.89 bits per heavy atom. The number of nitrogens with zero attached hydrogens (tertiary/aromatic N) is 1. The highest BCUT2D eigenvalue weighted by Gasteiger charge is 2.52. The van der Waals surface area contributed by atoms with Gasteiger partial charge in [-0.1, -0.05) is 24.6 Å². The van der Waals surface area contributed by atoms with Crippen molar-refractivity contribution in [1.29, 1.82) is 0 Å². The maximum absolute atomic E-state index is 9.84. The number of fused-ring (bicyclic) bond motifs is 5. The van der Waals surface area contributed by atoms with Crippen molar-refractivity contribution in [2.75, 3.05) is 33.9 Å². The van der Waals surface area contributed by atoms with Gasteiger partial charge in [0.15, 0.2) is 0 Å². The van der Waals surface area contributed by atoms with E-state index >= 15 is 0 Å². The molecule has 1 aromatic carbocycles. The van der Waals surface area contributed by atoms with Gasteiger partial charge >= 0.3 is 0 Å². The van der Waals surface area contributed by atoms with Crippen molar-refractivity contribution in [3.8, 4) is 5.75 Å². The summed E-state index contributed by atoms with van der Waals surface area (Å²) in [6.07, 6.45) is 10.00. The number of aryl methyl sites for hydroxylation is 1. The van der Waals surface area contributed by atoms with E-state index in [1.807, 2.05) is 12.1 Å². The van der Waals surface area contributed by atoms with E-state index in [2.05, 4.69) is 38.1 Å². The molecule has 3 aliphatic carbocycles. The van der Waals surface area contributed by atoms with Gasteiger partial charge < -0.3 is 14.7 Å². The summed E-state index contributed by atoms with van der Waals surface area (Å²) in [5.41, 5.74) is 4.95. The lowest BCUT2D eigenvalue weighted by Crippen LogP contribution is -2.40. The summed E-state index contributed by atoms with van der Waals surface area (Å²) in [5.74, 6) is 2.74. The molecule has 1 aromatic rings. The summed E-state index contributed by atoms with van der Waals surface area (Å²) in [6, 6.07) is 6.10. The molecular formula is C24H35NO2. The molecule has 2 fully saturated rings. The first-order valence-electron chi connectivity index (χ1n) is 10.7. The average Bonchev–Trinajstić information content (AvgIpc) is 2.97. The maximum atomic E-state index is 9.84. The molecule has 0 aliphatic heterocycles. The summed E-state index contributed by atoms with van der Waals surface area (Å²) in [4.78, 5) is 2.17. The molecule has 27 heavy (non-hydrogen) atoms. The second-order valence-electron chi connectivity index (χ2n) is 9.40. The lowest BCUT2D eigenvalue weighted by atomic mass is 9.55. The van der Waals surface area contributed by atoms with Crippen molar-refractivity contribution in [2.45, 2.75) is 51.4 Å². The molecular weight excluding hydrogens is 334 g/mol. The number of ether oxygens (including phenoxy) is 1. The molecule has 0 aromatic heterocycles. The number of hydrogen-bond donors (Lipinski definition) is 1. The van der Waals surface area contributed by atoms with Crippen molar-refractivity contribution in [3.05, 3.63) is 41.0 Å². The monoisotopic (exact) mass is 369 g/mol. The first-order chi connectivity index (χ1) is 13.0. The van der Waals surface area contributed by atoms with Crippen molar-refractivity contribution in [2.24, 2.45) is 17.3 Å². The van der Waals surface area contributed by atoms with E-state index < -0.39 is 0 Å². The van der Waals surface area contributed by atoms with Crippen molar-refractivity contribution in [1.82, 2.24) is 4.90 Å². The highest BCUT2D eigenvalue weighted by molar-refractivity contribution is 5.40. The van der Waals surface area contributed by atoms with Crippen LogP contribution in [0.4, 0.5) is 0 Å². The lowest BCUT2D eigenvalue weighted by molar-refractivity contribution is 0.0801. The Morgan fingerprint density at radius 2 is 2.07 bits per heavy atom. The number of rotatable bonds is 5. The number of benzene rings is 1. The van der Waals surface area contributed by atoms with Crippen LogP contribution in [0, 0.1) is 17.3 Å². The molecule has 1 N–H and O–H groups in total. The number of likely N-dealkylation sites (N-methyl/N-ethyl adjacent to an activating group) is 1. The average molecular weight is 370 g/mol. The SMILES string of the molecule is CN(C)CCOC/C=C1\CC[C@H]2[C@@H]3CCc4cc(O)ccc4[C@H]3CC[C@]12C. The number of phenolic OH excluding ortho intramolecular Hbond substituents is 1. The quantitative estimate of drug-likeness (QED) is 0.600. The van der Waals surface area contributed by atoms with Gasteiger partial charge in [-0.25, -0.2) is 0 Å². The van der Waals surface area contributed by atoms with Crippen molar-refractivity contribution >= 4 is 0 Å². The van der Waals surface area contributed by atoms with Crippen molar-refractivity contribution < 1.29 is 9.84 Å². The van der Waals surface area contributed by atoms with Crippen LogP contribution in [0.1, 0.15) is 56.1 Å². The van der Waals surface area contributed by atoms with Crippen LogP contribution in [0.15, 0.2) is 29.8 Å². The van der Waals surface area contributed by atoms with Crippen LogP contribution in [-0.2, 0) is 11.2 Å². The Morgan fingerprint density at radius 1 is 1.22 bits per heavy atom. The maximum Gasteiger partial charge on any atom is 0.115 e. The smallest absolute Gasteiger partial charge is 0.115 e. The molecule has 0 radical (unpaired) electrons. The molecule has 0 saturated heterocycles. The molecule has 3 heteroatoms. The number of phenols is 1. The second-order valence-corrected chi connectivity index (χ2v) is 9.40. The van der Waals surface area contributed by atoms with Gasteiger partial charge in [-0.15, -0.1) is 0 Å². The fourth-order valence-electron chi connectivity index (χ4n) is 6.24. The van der Waals surface area contributed by atoms with Crippen LogP contribution in [0.2, 0.25) is 0 Å². The normalized spacial score (nSPS) is 33.8. The molecule has 0 heterocycles. The van der Waals surface area contributed by atoms with E-state index in [1.165, 1.54) is 43.2 Å². The Labute approximate surface area is 164 Å². The van der Waals surface area contributed by atoms with E-state index in [-0.39, 0.29) is 0 Å². The van der Waals surface area contributed by atoms with Crippen LogP contribution in [0.5, 0.6) is 5.75 Å². The summed E-state index contributed by atoms with van der Waals surface area (Å²) in [5, 5.41) is 9.84. The second kappa shape index (κ2) is 7.60. The predicted octanol–water partition coefficient (Wildman–Crippen LogP) is 4.75. The summed E-state index contributed by atoms with van der Waals surface area (Å²) in [6.45, 7) is 5.09. The van der Waals surface area contributed by atoms with Crippen LogP contribution in [0.3, 0.4) is 0 Å². The number of allylic oxidation sites excluding steroid dienone is 1. The zero-order chi connectivity index (χ0) is 19.0. The Bertz CT molecular complexity index is 710. The van der Waals surface area contributed by atoms with Gasteiger partial charge in [-0.3, -0.25) is 0 Å². The van der Waals surface area contributed by atoms with Crippen LogP contribution in [0.25, 0.3) is 0 Å². The van der Waals surface area contributed by atoms with E-state index in [4.69, 9.17) is 4.74 Å². The lowest BCUT2D eigenvalue weighted by Gasteiger charge is -2.49. The van der Waals surface area contributed by atoms with E-state index in [1.54, 1.807) is 5.57 Å². The molecule has 148 valence electrons. The van der Waals surface area contributed by atoms with Gasteiger partial charge in [0.25, 0.3) is 0 Å². The van der Waals surface area contributed by atoms with Gasteiger partial charge in [-0.05, 0) is 99.0 Å². The van der Waals surface area contributed by atoms with Gasteiger partial charge in [0, 0.05) is 6.54 Å². The summed E-state index contributed by atoms with van der Waals surface area (Å²) >= 11 is 0. The van der Waals surface area contributed by atoms with Gasteiger partial charge in [-0.2, -0.15) is 0 Å². The minimum absolute atomic E-state index is 0.375. The first kappa shape index (κ1) is 19.0. The zero-order valence-corrected chi connectivity index (χ0v) is 17.2. The minimum Gasteiger partial charge on any atom is -0.508 e. The largest absolute Gasteiger partial charge is 0.508 e. The van der Waals surface area contributed by atoms with Crippen LogP contribution >= 0.6 is 0 Å². The van der Waals surface area contributed by atoms with E-state index in [9.17, 15) is 5.11 Å². The molecule has 2 saturated carbocycles. The molecule has 3 nitrogen and oxygen atoms in total.